The Kier molecular flexibility index (Phi) is 5.02. The number of amides is 1. The van der Waals surface area contributed by atoms with Crippen LogP contribution in [0.3, 0.4) is 0 Å². The van der Waals surface area contributed by atoms with Gasteiger partial charge in [0, 0.05) is 12.0 Å². The maximum absolute atomic E-state index is 12.2. The molecule has 2 N–H and O–H groups in total. The number of carbonyl (C=O) groups excluding carboxylic acids is 1. The van der Waals surface area contributed by atoms with Crippen molar-refractivity contribution in [2.24, 2.45) is 5.92 Å². The lowest BCUT2D eigenvalue weighted by molar-refractivity contribution is -0.116. The van der Waals surface area contributed by atoms with Gasteiger partial charge in [0.1, 0.15) is 5.75 Å². The van der Waals surface area contributed by atoms with Gasteiger partial charge in [0.05, 0.1) is 17.1 Å². The first-order valence-electron chi connectivity index (χ1n) is 8.99. The molecule has 1 heterocycles. The van der Waals surface area contributed by atoms with Crippen LogP contribution in [0, 0.1) is 5.92 Å². The molecule has 2 aromatic rings. The molecule has 5 nitrogen and oxygen atoms in total. The van der Waals surface area contributed by atoms with Crippen LogP contribution in [0.15, 0.2) is 18.2 Å². The van der Waals surface area contributed by atoms with E-state index in [0.717, 1.165) is 53.9 Å². The van der Waals surface area contributed by atoms with Crippen LogP contribution in [-0.4, -0.2) is 21.0 Å². The summed E-state index contributed by atoms with van der Waals surface area (Å²) >= 11 is 0. The Labute approximate surface area is 148 Å². The third-order valence-corrected chi connectivity index (χ3v) is 4.35. The Balaban J connectivity index is 2.00. The molecule has 3 rings (SSSR count). The van der Waals surface area contributed by atoms with Crippen LogP contribution in [0.5, 0.6) is 5.75 Å². The SMILES string of the molecule is CCCc1nc2c(nc1NC(=O)CC(C)C)CCc1cc(O)ccc1-2. The molecule has 0 spiro atoms. The predicted molar refractivity (Wildman–Crippen MR) is 98.6 cm³/mol. The smallest absolute Gasteiger partial charge is 0.225 e. The monoisotopic (exact) mass is 339 g/mol. The Morgan fingerprint density at radius 3 is 2.80 bits per heavy atom. The summed E-state index contributed by atoms with van der Waals surface area (Å²) in [6.45, 7) is 6.14. The van der Waals surface area contributed by atoms with Crippen molar-refractivity contribution in [1.29, 1.82) is 0 Å². The summed E-state index contributed by atoms with van der Waals surface area (Å²) in [6, 6.07) is 5.40. The second-order valence-electron chi connectivity index (χ2n) is 7.05. The molecule has 1 amide bonds. The topological polar surface area (TPSA) is 75.1 Å². The van der Waals surface area contributed by atoms with E-state index in [1.54, 1.807) is 12.1 Å². The summed E-state index contributed by atoms with van der Waals surface area (Å²) in [5.41, 5.74) is 4.76. The first kappa shape index (κ1) is 17.4. The van der Waals surface area contributed by atoms with Gasteiger partial charge in [0.25, 0.3) is 0 Å². The first-order valence-corrected chi connectivity index (χ1v) is 8.99. The van der Waals surface area contributed by atoms with Gasteiger partial charge in [-0.15, -0.1) is 0 Å². The lowest BCUT2D eigenvalue weighted by Gasteiger charge is -2.21. The molecule has 0 radical (unpaired) electrons. The zero-order chi connectivity index (χ0) is 18.0. The van der Waals surface area contributed by atoms with Crippen molar-refractivity contribution >= 4 is 11.7 Å². The van der Waals surface area contributed by atoms with Gasteiger partial charge in [-0.1, -0.05) is 27.2 Å². The minimum absolute atomic E-state index is 0.0114. The van der Waals surface area contributed by atoms with Crippen molar-refractivity contribution in [2.45, 2.75) is 52.9 Å². The number of fused-ring (bicyclic) bond motifs is 3. The van der Waals surface area contributed by atoms with E-state index in [9.17, 15) is 9.90 Å². The van der Waals surface area contributed by atoms with Crippen LogP contribution < -0.4 is 5.32 Å². The van der Waals surface area contributed by atoms with E-state index in [2.05, 4.69) is 12.2 Å². The van der Waals surface area contributed by atoms with Crippen LogP contribution in [0.25, 0.3) is 11.3 Å². The van der Waals surface area contributed by atoms with Crippen LogP contribution in [0.4, 0.5) is 5.82 Å². The van der Waals surface area contributed by atoms with Gasteiger partial charge in [0.2, 0.25) is 5.91 Å². The molecule has 0 atom stereocenters. The van der Waals surface area contributed by atoms with Gasteiger partial charge in [-0.3, -0.25) is 4.79 Å². The highest BCUT2D eigenvalue weighted by Gasteiger charge is 2.22. The number of hydrogen-bond acceptors (Lipinski definition) is 4. The number of phenols is 1. The summed E-state index contributed by atoms with van der Waals surface area (Å²) in [6.07, 6.45) is 3.76. The molecule has 0 unspecified atom stereocenters. The molecule has 0 bridgehead atoms. The van der Waals surface area contributed by atoms with Gasteiger partial charge in [-0.05, 0) is 48.9 Å². The molecule has 132 valence electrons. The summed E-state index contributed by atoms with van der Waals surface area (Å²) in [5.74, 6) is 1.18. The molecule has 25 heavy (non-hydrogen) atoms. The van der Waals surface area contributed by atoms with Gasteiger partial charge >= 0.3 is 0 Å². The number of anilines is 1. The third-order valence-electron chi connectivity index (χ3n) is 4.35. The summed E-state index contributed by atoms with van der Waals surface area (Å²) in [4.78, 5) is 21.8. The molecule has 1 aliphatic carbocycles. The van der Waals surface area contributed by atoms with E-state index < -0.39 is 0 Å². The second-order valence-corrected chi connectivity index (χ2v) is 7.05. The number of benzene rings is 1. The molecule has 0 saturated carbocycles. The van der Waals surface area contributed by atoms with E-state index >= 15 is 0 Å². The largest absolute Gasteiger partial charge is 0.508 e. The number of nitrogens with zero attached hydrogens (tertiary/aromatic N) is 2. The van der Waals surface area contributed by atoms with E-state index in [1.165, 1.54) is 0 Å². The summed E-state index contributed by atoms with van der Waals surface area (Å²) < 4.78 is 0. The van der Waals surface area contributed by atoms with Gasteiger partial charge in [0.15, 0.2) is 5.82 Å². The number of phenolic OH excluding ortho intramolecular Hbond substituents is 1. The first-order chi connectivity index (χ1) is 12.0. The Morgan fingerprint density at radius 2 is 2.08 bits per heavy atom. The number of rotatable bonds is 5. The highest BCUT2D eigenvalue weighted by molar-refractivity contribution is 5.90. The fourth-order valence-corrected chi connectivity index (χ4v) is 3.23. The highest BCUT2D eigenvalue weighted by atomic mass is 16.3. The minimum atomic E-state index is -0.0114. The van der Waals surface area contributed by atoms with Crippen LogP contribution in [0.2, 0.25) is 0 Å². The Morgan fingerprint density at radius 1 is 1.28 bits per heavy atom. The number of carbonyl (C=O) groups is 1. The molecule has 5 heteroatoms. The van der Waals surface area contributed by atoms with Crippen molar-refractivity contribution in [2.75, 3.05) is 5.32 Å². The number of nitrogens with one attached hydrogen (secondary N) is 1. The molecule has 1 aliphatic rings. The normalized spacial score (nSPS) is 12.6. The number of aryl methyl sites for hydroxylation is 3. The predicted octanol–water partition coefficient (Wildman–Crippen LogP) is 3.88. The summed E-state index contributed by atoms with van der Waals surface area (Å²) in [7, 11) is 0. The molecule has 0 saturated heterocycles. The summed E-state index contributed by atoms with van der Waals surface area (Å²) in [5, 5.41) is 12.7. The Hall–Kier alpha value is -2.43. The molecule has 1 aromatic heterocycles. The third kappa shape index (κ3) is 3.81. The van der Waals surface area contributed by atoms with Crippen molar-refractivity contribution in [1.82, 2.24) is 9.97 Å². The van der Waals surface area contributed by atoms with Gasteiger partial charge < -0.3 is 10.4 Å². The highest BCUT2D eigenvalue weighted by Crippen LogP contribution is 2.34. The minimum Gasteiger partial charge on any atom is -0.508 e. The van der Waals surface area contributed by atoms with E-state index in [1.807, 2.05) is 19.9 Å². The number of hydrogen-bond donors (Lipinski definition) is 2. The van der Waals surface area contributed by atoms with Gasteiger partial charge in [-0.25, -0.2) is 9.97 Å². The van der Waals surface area contributed by atoms with Gasteiger partial charge in [-0.2, -0.15) is 0 Å². The second kappa shape index (κ2) is 7.21. The van der Waals surface area contributed by atoms with Crippen LogP contribution in [0.1, 0.15) is 50.6 Å². The maximum Gasteiger partial charge on any atom is 0.225 e. The van der Waals surface area contributed by atoms with E-state index in [0.29, 0.717) is 18.2 Å². The van der Waals surface area contributed by atoms with E-state index in [4.69, 9.17) is 9.97 Å². The fraction of sp³-hybridized carbons (Fsp3) is 0.450. The zero-order valence-corrected chi connectivity index (χ0v) is 15.1. The van der Waals surface area contributed by atoms with Crippen molar-refractivity contribution < 1.29 is 9.90 Å². The lowest BCUT2D eigenvalue weighted by atomic mass is 9.91. The maximum atomic E-state index is 12.2. The average Bonchev–Trinajstić information content (AvgIpc) is 2.54. The lowest BCUT2D eigenvalue weighted by Crippen LogP contribution is -2.19. The van der Waals surface area contributed by atoms with Crippen molar-refractivity contribution in [3.8, 4) is 17.0 Å². The molecule has 0 aliphatic heterocycles. The zero-order valence-electron chi connectivity index (χ0n) is 15.1. The standard InChI is InChI=1S/C20H25N3O2/c1-4-5-17-20(23-18(25)10-12(2)3)22-16-9-6-13-11-14(24)7-8-15(13)19(16)21-17/h7-8,11-12,24H,4-6,9-10H2,1-3H3,(H,22,23,25). The van der Waals surface area contributed by atoms with E-state index in [-0.39, 0.29) is 11.7 Å². The Bertz CT molecular complexity index is 800. The van der Waals surface area contributed by atoms with Crippen LogP contribution >= 0.6 is 0 Å². The quantitative estimate of drug-likeness (QED) is 0.867. The number of aromatic hydroxyl groups is 1. The number of aromatic nitrogens is 2. The molecular formula is C20H25N3O2. The van der Waals surface area contributed by atoms with Crippen molar-refractivity contribution in [3.63, 3.8) is 0 Å². The fourth-order valence-electron chi connectivity index (χ4n) is 3.23. The average molecular weight is 339 g/mol. The molecule has 0 fully saturated rings. The molecular weight excluding hydrogens is 314 g/mol. The van der Waals surface area contributed by atoms with Crippen LogP contribution in [-0.2, 0) is 24.1 Å². The van der Waals surface area contributed by atoms with Crippen molar-refractivity contribution in [3.05, 3.63) is 35.2 Å². The molecule has 1 aromatic carbocycles.